The minimum Gasteiger partial charge on any atom is -0.428 e. The molecule has 22 heavy (non-hydrogen) atoms. The number of carbonyl (C=O) groups is 1. The summed E-state index contributed by atoms with van der Waals surface area (Å²) in [6.45, 7) is 1.75. The van der Waals surface area contributed by atoms with Crippen molar-refractivity contribution in [2.24, 2.45) is 4.99 Å². The lowest BCUT2D eigenvalue weighted by Gasteiger charge is -2.08. The third kappa shape index (κ3) is 2.69. The van der Waals surface area contributed by atoms with Crippen molar-refractivity contribution in [3.05, 3.63) is 71.7 Å². The zero-order valence-corrected chi connectivity index (χ0v) is 12.0. The molecular weight excluding hydrogens is 278 g/mol. The fraction of sp³-hybridized carbons (Fsp3) is 0.0588. The van der Waals surface area contributed by atoms with Gasteiger partial charge in [0.15, 0.2) is 0 Å². The number of benzene rings is 2. The summed E-state index contributed by atoms with van der Waals surface area (Å²) in [5, 5.41) is 14.0. The Labute approximate surface area is 127 Å². The molecule has 2 aromatic carbocycles. The van der Waals surface area contributed by atoms with Crippen molar-refractivity contribution in [1.82, 2.24) is 4.73 Å². The van der Waals surface area contributed by atoms with Gasteiger partial charge in [0.1, 0.15) is 0 Å². The number of para-hydroxylation sites is 2. The van der Waals surface area contributed by atoms with Crippen molar-refractivity contribution in [3.8, 4) is 0 Å². The Bertz CT molecular complexity index is 899. The number of hydrogen-bond donors (Lipinski definition) is 2. The van der Waals surface area contributed by atoms with Crippen LogP contribution < -0.4 is 10.7 Å². The average Bonchev–Trinajstić information content (AvgIpc) is 2.53. The van der Waals surface area contributed by atoms with Gasteiger partial charge in [-0.3, -0.25) is 0 Å². The largest absolute Gasteiger partial charge is 0.428 e. The molecule has 0 saturated heterocycles. The summed E-state index contributed by atoms with van der Waals surface area (Å²) < 4.78 is 1.09. The Balaban J connectivity index is 2.06. The summed E-state index contributed by atoms with van der Waals surface area (Å²) >= 11 is 0. The van der Waals surface area contributed by atoms with E-state index in [-0.39, 0.29) is 0 Å². The summed E-state index contributed by atoms with van der Waals surface area (Å²) in [6.07, 6.45) is 0. The van der Waals surface area contributed by atoms with Gasteiger partial charge >= 0.3 is 6.03 Å². The molecule has 0 aliphatic carbocycles. The molecule has 1 aromatic heterocycles. The number of nitrogens with one attached hydrogen (secondary N) is 1. The molecule has 5 heteroatoms. The molecule has 3 rings (SSSR count). The summed E-state index contributed by atoms with van der Waals surface area (Å²) in [5.41, 5.74) is 1.89. The molecule has 0 atom stereocenters. The normalized spacial score (nSPS) is 11.6. The zero-order chi connectivity index (χ0) is 15.5. The maximum atomic E-state index is 12.1. The molecule has 0 spiro atoms. The topological polar surface area (TPSA) is 66.6 Å². The van der Waals surface area contributed by atoms with Gasteiger partial charge in [0, 0.05) is 11.1 Å². The van der Waals surface area contributed by atoms with Gasteiger partial charge < -0.3 is 10.5 Å². The van der Waals surface area contributed by atoms with Crippen molar-refractivity contribution in [2.75, 3.05) is 5.32 Å². The fourth-order valence-corrected chi connectivity index (χ4v) is 2.28. The van der Waals surface area contributed by atoms with Crippen LogP contribution in [0.5, 0.6) is 0 Å². The highest BCUT2D eigenvalue weighted by molar-refractivity contribution is 5.91. The number of carbonyl (C=O) groups excluding carboxylic acids is 1. The Morgan fingerprint density at radius 1 is 1.09 bits per heavy atom. The number of amides is 2. The standard InChI is InChI=1S/C17H15N3O2/c1-12-11-15(14-9-5-6-10-16(14)20(12)22)19-17(21)18-13-7-3-2-4-8-13/h2-11,22H,1H3,(H,18,21)/b19-15+. The summed E-state index contributed by atoms with van der Waals surface area (Å²) in [4.78, 5) is 16.2. The zero-order valence-electron chi connectivity index (χ0n) is 12.0. The molecule has 0 aliphatic heterocycles. The molecule has 5 nitrogen and oxygen atoms in total. The van der Waals surface area contributed by atoms with Crippen molar-refractivity contribution in [2.45, 2.75) is 6.92 Å². The highest BCUT2D eigenvalue weighted by Gasteiger charge is 2.05. The van der Waals surface area contributed by atoms with Gasteiger partial charge in [-0.15, -0.1) is 0 Å². The fourth-order valence-electron chi connectivity index (χ4n) is 2.28. The molecule has 110 valence electrons. The van der Waals surface area contributed by atoms with E-state index in [2.05, 4.69) is 10.3 Å². The number of nitrogens with zero attached hydrogens (tertiary/aromatic N) is 2. The molecule has 0 fully saturated rings. The predicted octanol–water partition coefficient (Wildman–Crippen LogP) is 3.32. The van der Waals surface area contributed by atoms with Crippen LogP contribution in [0.2, 0.25) is 0 Å². The van der Waals surface area contributed by atoms with E-state index in [4.69, 9.17) is 0 Å². The number of fused-ring (bicyclic) bond motifs is 1. The van der Waals surface area contributed by atoms with Gasteiger partial charge in [-0.25, -0.2) is 4.79 Å². The number of aromatic nitrogens is 1. The lowest BCUT2D eigenvalue weighted by molar-refractivity contribution is 0.191. The van der Waals surface area contributed by atoms with E-state index in [9.17, 15) is 10.0 Å². The molecule has 0 aliphatic rings. The van der Waals surface area contributed by atoms with Crippen LogP contribution in [0.4, 0.5) is 10.5 Å². The third-order valence-corrected chi connectivity index (χ3v) is 3.33. The van der Waals surface area contributed by atoms with Crippen LogP contribution in [0.3, 0.4) is 0 Å². The van der Waals surface area contributed by atoms with Crippen LogP contribution >= 0.6 is 0 Å². The SMILES string of the molecule is Cc1c/c(=N\C(=O)Nc2ccccc2)c2ccccc2n1O. The number of urea groups is 1. The Hall–Kier alpha value is -3.08. The second-order valence-electron chi connectivity index (χ2n) is 4.91. The van der Waals surface area contributed by atoms with Crippen LogP contribution in [-0.2, 0) is 0 Å². The first-order chi connectivity index (χ1) is 10.6. The lowest BCUT2D eigenvalue weighted by atomic mass is 10.2. The van der Waals surface area contributed by atoms with Crippen molar-refractivity contribution < 1.29 is 10.0 Å². The van der Waals surface area contributed by atoms with E-state index in [0.29, 0.717) is 27.6 Å². The van der Waals surface area contributed by atoms with Gasteiger partial charge in [0.05, 0.1) is 16.6 Å². The number of aryl methyl sites for hydroxylation is 1. The Kier molecular flexibility index (Phi) is 3.62. The predicted molar refractivity (Wildman–Crippen MR) is 84.9 cm³/mol. The first-order valence-electron chi connectivity index (χ1n) is 6.86. The van der Waals surface area contributed by atoms with Crippen LogP contribution in [0.15, 0.2) is 65.7 Å². The molecule has 2 N–H and O–H groups in total. The number of anilines is 1. The molecule has 0 bridgehead atoms. The molecule has 0 radical (unpaired) electrons. The van der Waals surface area contributed by atoms with Gasteiger partial charge in [-0.1, -0.05) is 36.4 Å². The van der Waals surface area contributed by atoms with Crippen molar-refractivity contribution >= 4 is 22.6 Å². The van der Waals surface area contributed by atoms with Crippen molar-refractivity contribution in [1.29, 1.82) is 0 Å². The smallest absolute Gasteiger partial charge is 0.345 e. The minimum absolute atomic E-state index is 0.452. The van der Waals surface area contributed by atoms with Gasteiger partial charge in [-0.2, -0.15) is 9.72 Å². The summed E-state index contributed by atoms with van der Waals surface area (Å²) in [6, 6.07) is 17.6. The molecule has 2 amide bonds. The second-order valence-corrected chi connectivity index (χ2v) is 4.91. The highest BCUT2D eigenvalue weighted by Crippen LogP contribution is 2.11. The minimum atomic E-state index is -0.452. The molecule has 1 heterocycles. The quantitative estimate of drug-likeness (QED) is 0.676. The van der Waals surface area contributed by atoms with Gasteiger partial charge in [-0.05, 0) is 31.2 Å². The first-order valence-corrected chi connectivity index (χ1v) is 6.86. The maximum absolute atomic E-state index is 12.1. The van der Waals surface area contributed by atoms with Crippen LogP contribution in [-0.4, -0.2) is 16.0 Å². The van der Waals surface area contributed by atoms with Gasteiger partial charge in [0.25, 0.3) is 0 Å². The third-order valence-electron chi connectivity index (χ3n) is 3.33. The average molecular weight is 293 g/mol. The van der Waals surface area contributed by atoms with Gasteiger partial charge in [0.2, 0.25) is 0 Å². The van der Waals surface area contributed by atoms with Crippen molar-refractivity contribution in [3.63, 3.8) is 0 Å². The van der Waals surface area contributed by atoms with E-state index in [1.165, 1.54) is 0 Å². The molecule has 3 aromatic rings. The molecule has 0 saturated carbocycles. The van der Waals surface area contributed by atoms with Crippen LogP contribution in [0.25, 0.3) is 10.9 Å². The second kappa shape index (κ2) is 5.73. The van der Waals surface area contributed by atoms with E-state index in [0.717, 1.165) is 4.73 Å². The van der Waals surface area contributed by atoms with Crippen LogP contribution in [0.1, 0.15) is 5.69 Å². The Morgan fingerprint density at radius 3 is 2.55 bits per heavy atom. The number of hydrogen-bond acceptors (Lipinski definition) is 2. The lowest BCUT2D eigenvalue weighted by Crippen LogP contribution is -2.16. The van der Waals surface area contributed by atoms with E-state index < -0.39 is 6.03 Å². The number of rotatable bonds is 1. The van der Waals surface area contributed by atoms with E-state index in [1.54, 1.807) is 31.2 Å². The highest BCUT2D eigenvalue weighted by atomic mass is 16.5. The van der Waals surface area contributed by atoms with Crippen LogP contribution in [0, 0.1) is 6.92 Å². The summed E-state index contributed by atoms with van der Waals surface area (Å²) in [5.74, 6) is 0. The molecule has 0 unspecified atom stereocenters. The maximum Gasteiger partial charge on any atom is 0.345 e. The monoisotopic (exact) mass is 293 g/mol. The first kappa shape index (κ1) is 13.9. The van der Waals surface area contributed by atoms with E-state index >= 15 is 0 Å². The number of pyridine rings is 1. The van der Waals surface area contributed by atoms with E-state index in [1.807, 2.05) is 36.4 Å². The molecular formula is C17H15N3O2. The summed E-state index contributed by atoms with van der Waals surface area (Å²) in [7, 11) is 0. The Morgan fingerprint density at radius 2 is 1.77 bits per heavy atom.